The summed E-state index contributed by atoms with van der Waals surface area (Å²) in [4.78, 5) is 11.7. The number of carbonyl (C=O) groups is 1. The van der Waals surface area contributed by atoms with Gasteiger partial charge in [-0.1, -0.05) is 19.3 Å². The molecule has 104 valence electrons. The predicted molar refractivity (Wildman–Crippen MR) is 76.4 cm³/mol. The fraction of sp³-hybridized carbons (Fsp3) is 0.462. The third kappa shape index (κ3) is 3.36. The van der Waals surface area contributed by atoms with Gasteiger partial charge in [-0.05, 0) is 31.0 Å². The maximum absolute atomic E-state index is 11.7. The van der Waals surface area contributed by atoms with Crippen LogP contribution in [0.2, 0.25) is 0 Å². The number of nitrogens with two attached hydrogens (primary N) is 2. The van der Waals surface area contributed by atoms with Crippen LogP contribution in [0.3, 0.4) is 0 Å². The minimum absolute atomic E-state index is 0.361. The minimum Gasteiger partial charge on any atom is -0.382 e. The van der Waals surface area contributed by atoms with E-state index in [2.05, 4.69) is 16.2 Å². The zero-order valence-corrected chi connectivity index (χ0v) is 10.9. The summed E-state index contributed by atoms with van der Waals surface area (Å²) in [6, 6.07) is 5.94. The first-order chi connectivity index (χ1) is 9.24. The van der Waals surface area contributed by atoms with Crippen molar-refractivity contribution in [1.82, 2.24) is 5.43 Å². The van der Waals surface area contributed by atoms with Gasteiger partial charge in [0.2, 0.25) is 0 Å². The summed E-state index contributed by atoms with van der Waals surface area (Å²) in [6.45, 7) is 0. The molecule has 6 nitrogen and oxygen atoms in total. The van der Waals surface area contributed by atoms with Crippen LogP contribution in [-0.2, 0) is 0 Å². The molecule has 1 aromatic carbocycles. The van der Waals surface area contributed by atoms with E-state index in [1.165, 1.54) is 32.1 Å². The lowest BCUT2D eigenvalue weighted by atomic mass is 9.95. The highest BCUT2D eigenvalue weighted by Gasteiger charge is 2.15. The molecular formula is C13H21N5O. The third-order valence-electron chi connectivity index (χ3n) is 3.53. The topological polar surface area (TPSA) is 105 Å². The number of carbonyl (C=O) groups excluding carboxylic acids is 1. The number of hydrogen-bond acceptors (Lipinski definition) is 5. The van der Waals surface area contributed by atoms with E-state index in [1.54, 1.807) is 12.1 Å². The monoisotopic (exact) mass is 263 g/mol. The molecule has 0 bridgehead atoms. The summed E-state index contributed by atoms with van der Waals surface area (Å²) >= 11 is 0. The summed E-state index contributed by atoms with van der Waals surface area (Å²) in [5.41, 5.74) is 6.53. The van der Waals surface area contributed by atoms with Gasteiger partial charge in [-0.2, -0.15) is 0 Å². The van der Waals surface area contributed by atoms with Gasteiger partial charge in [0.15, 0.2) is 0 Å². The molecule has 0 radical (unpaired) electrons. The molecule has 0 unspecified atom stereocenters. The van der Waals surface area contributed by atoms with Crippen LogP contribution < -0.4 is 27.9 Å². The van der Waals surface area contributed by atoms with E-state index in [1.807, 2.05) is 6.07 Å². The van der Waals surface area contributed by atoms with Gasteiger partial charge in [0.1, 0.15) is 0 Å². The maximum Gasteiger partial charge on any atom is 0.267 e. The Morgan fingerprint density at radius 1 is 1.16 bits per heavy atom. The first-order valence-electron chi connectivity index (χ1n) is 6.62. The number of benzene rings is 1. The quantitative estimate of drug-likeness (QED) is 0.320. The molecule has 1 saturated carbocycles. The fourth-order valence-corrected chi connectivity index (χ4v) is 2.51. The SMILES string of the molecule is NNC(=O)c1cc(NC2CCCCC2)ccc1NN. The fourth-order valence-electron chi connectivity index (χ4n) is 2.51. The first kappa shape index (κ1) is 13.6. The standard InChI is InChI=1S/C13H21N5O/c14-17-12-7-6-10(8-11(12)13(19)18-15)16-9-4-2-1-3-5-9/h6-9,16-17H,1-5,14-15H2,(H,18,19). The number of anilines is 2. The second-order valence-corrected chi connectivity index (χ2v) is 4.86. The zero-order chi connectivity index (χ0) is 13.7. The Labute approximate surface area is 112 Å². The molecule has 7 N–H and O–H groups in total. The lowest BCUT2D eigenvalue weighted by Crippen LogP contribution is -2.31. The second-order valence-electron chi connectivity index (χ2n) is 4.86. The molecule has 1 aromatic rings. The molecular weight excluding hydrogens is 242 g/mol. The van der Waals surface area contributed by atoms with Crippen LogP contribution in [0.1, 0.15) is 42.5 Å². The van der Waals surface area contributed by atoms with Gasteiger partial charge in [0.05, 0.1) is 11.3 Å². The Morgan fingerprint density at radius 2 is 1.89 bits per heavy atom. The average molecular weight is 263 g/mol. The number of rotatable bonds is 4. The van der Waals surface area contributed by atoms with E-state index in [4.69, 9.17) is 11.7 Å². The van der Waals surface area contributed by atoms with Crippen molar-refractivity contribution in [3.63, 3.8) is 0 Å². The van der Waals surface area contributed by atoms with Crippen LogP contribution in [0, 0.1) is 0 Å². The smallest absolute Gasteiger partial charge is 0.267 e. The largest absolute Gasteiger partial charge is 0.382 e. The Hall–Kier alpha value is -1.79. The van der Waals surface area contributed by atoms with Crippen LogP contribution >= 0.6 is 0 Å². The summed E-state index contributed by atoms with van der Waals surface area (Å²) < 4.78 is 0. The lowest BCUT2D eigenvalue weighted by Gasteiger charge is -2.24. The van der Waals surface area contributed by atoms with Crippen molar-refractivity contribution in [3.05, 3.63) is 23.8 Å². The van der Waals surface area contributed by atoms with E-state index < -0.39 is 0 Å². The molecule has 0 heterocycles. The Kier molecular flexibility index (Phi) is 4.59. The third-order valence-corrected chi connectivity index (χ3v) is 3.53. The molecule has 1 aliphatic carbocycles. The Balaban J connectivity index is 2.14. The zero-order valence-electron chi connectivity index (χ0n) is 10.9. The number of hydrogen-bond donors (Lipinski definition) is 5. The van der Waals surface area contributed by atoms with Gasteiger partial charge in [-0.25, -0.2) is 5.84 Å². The van der Waals surface area contributed by atoms with Crippen LogP contribution in [0.25, 0.3) is 0 Å². The van der Waals surface area contributed by atoms with E-state index in [0.29, 0.717) is 17.3 Å². The average Bonchev–Trinajstić information content (AvgIpc) is 2.47. The van der Waals surface area contributed by atoms with Crippen LogP contribution in [-0.4, -0.2) is 11.9 Å². The highest BCUT2D eigenvalue weighted by molar-refractivity contribution is 6.00. The molecule has 19 heavy (non-hydrogen) atoms. The van der Waals surface area contributed by atoms with E-state index >= 15 is 0 Å². The molecule has 0 atom stereocenters. The highest BCUT2D eigenvalue weighted by atomic mass is 16.2. The lowest BCUT2D eigenvalue weighted by molar-refractivity contribution is 0.0954. The molecule has 1 aliphatic rings. The van der Waals surface area contributed by atoms with Gasteiger partial charge in [-0.3, -0.25) is 16.1 Å². The molecule has 0 aliphatic heterocycles. The van der Waals surface area contributed by atoms with Gasteiger partial charge < -0.3 is 10.7 Å². The van der Waals surface area contributed by atoms with Crippen molar-refractivity contribution in [2.75, 3.05) is 10.7 Å². The van der Waals surface area contributed by atoms with Crippen LogP contribution in [0.4, 0.5) is 11.4 Å². The van der Waals surface area contributed by atoms with Gasteiger partial charge in [0.25, 0.3) is 5.91 Å². The van der Waals surface area contributed by atoms with Crippen molar-refractivity contribution in [2.45, 2.75) is 38.1 Å². The molecule has 6 heteroatoms. The summed E-state index contributed by atoms with van der Waals surface area (Å²) in [5.74, 6) is 10.2. The van der Waals surface area contributed by atoms with E-state index in [0.717, 1.165) is 5.69 Å². The molecule has 1 fully saturated rings. The first-order valence-corrected chi connectivity index (χ1v) is 6.62. The summed E-state index contributed by atoms with van der Waals surface area (Å²) in [6.07, 6.45) is 6.19. The predicted octanol–water partition coefficient (Wildman–Crippen LogP) is 1.32. The highest BCUT2D eigenvalue weighted by Crippen LogP contribution is 2.24. The molecule has 0 aromatic heterocycles. The molecule has 0 saturated heterocycles. The van der Waals surface area contributed by atoms with Crippen molar-refractivity contribution in [3.8, 4) is 0 Å². The van der Waals surface area contributed by atoms with Crippen LogP contribution in [0.5, 0.6) is 0 Å². The van der Waals surface area contributed by atoms with Crippen molar-refractivity contribution in [2.24, 2.45) is 11.7 Å². The Bertz CT molecular complexity index is 443. The van der Waals surface area contributed by atoms with E-state index in [9.17, 15) is 4.79 Å². The molecule has 2 rings (SSSR count). The van der Waals surface area contributed by atoms with Gasteiger partial charge in [-0.15, -0.1) is 0 Å². The summed E-state index contributed by atoms with van der Waals surface area (Å²) in [7, 11) is 0. The van der Waals surface area contributed by atoms with Gasteiger partial charge >= 0.3 is 0 Å². The minimum atomic E-state index is -0.361. The summed E-state index contributed by atoms with van der Waals surface area (Å²) in [5, 5.41) is 3.46. The van der Waals surface area contributed by atoms with Crippen molar-refractivity contribution >= 4 is 17.3 Å². The van der Waals surface area contributed by atoms with Crippen LogP contribution in [0.15, 0.2) is 18.2 Å². The molecule has 0 spiro atoms. The number of nitrogens with one attached hydrogen (secondary N) is 3. The normalized spacial score (nSPS) is 15.9. The number of amides is 1. The molecule has 1 amide bonds. The second kappa shape index (κ2) is 6.40. The van der Waals surface area contributed by atoms with E-state index in [-0.39, 0.29) is 5.91 Å². The van der Waals surface area contributed by atoms with Crippen molar-refractivity contribution < 1.29 is 4.79 Å². The number of hydrazine groups is 2. The van der Waals surface area contributed by atoms with Gasteiger partial charge in [0, 0.05) is 11.7 Å². The Morgan fingerprint density at radius 3 is 2.53 bits per heavy atom. The maximum atomic E-state index is 11.7. The number of nitrogen functional groups attached to an aromatic ring is 2. The van der Waals surface area contributed by atoms with Crippen molar-refractivity contribution in [1.29, 1.82) is 0 Å².